The third kappa shape index (κ3) is 3.95. The highest BCUT2D eigenvalue weighted by Crippen LogP contribution is 2.35. The van der Waals surface area contributed by atoms with Gasteiger partial charge in [0.2, 0.25) is 5.91 Å². The Kier molecular flexibility index (Phi) is 5.63. The maximum absolute atomic E-state index is 13.3. The molecule has 0 spiro atoms. The molecule has 4 aliphatic rings. The van der Waals surface area contributed by atoms with Gasteiger partial charge in [-0.25, -0.2) is 4.98 Å². The first-order valence-corrected chi connectivity index (χ1v) is 12.8. The minimum Gasteiger partial charge on any atom is -0.337 e. The van der Waals surface area contributed by atoms with Gasteiger partial charge in [-0.1, -0.05) is 49.1 Å². The van der Waals surface area contributed by atoms with E-state index in [1.54, 1.807) is 0 Å². The lowest BCUT2D eigenvalue weighted by Gasteiger charge is -2.52. The van der Waals surface area contributed by atoms with Crippen LogP contribution >= 0.6 is 11.6 Å². The minimum atomic E-state index is 0.266. The van der Waals surface area contributed by atoms with Gasteiger partial charge in [-0.2, -0.15) is 0 Å². The molecule has 3 saturated heterocycles. The molecule has 0 radical (unpaired) electrons. The van der Waals surface area contributed by atoms with Crippen molar-refractivity contribution >= 4 is 23.2 Å². The summed E-state index contributed by atoms with van der Waals surface area (Å²) >= 11 is 6.15. The highest BCUT2D eigenvalue weighted by atomic mass is 35.5. The van der Waals surface area contributed by atoms with Crippen molar-refractivity contribution in [3.63, 3.8) is 0 Å². The van der Waals surface area contributed by atoms with Crippen LogP contribution in [0.3, 0.4) is 0 Å². The molecule has 5 heterocycles. The van der Waals surface area contributed by atoms with Crippen molar-refractivity contribution < 1.29 is 4.79 Å². The Morgan fingerprint density at radius 2 is 1.73 bits per heavy atom. The van der Waals surface area contributed by atoms with Crippen molar-refractivity contribution in [3.05, 3.63) is 59.4 Å². The van der Waals surface area contributed by atoms with E-state index >= 15 is 0 Å². The molecular formula is C27H31ClN4O. The smallest absolute Gasteiger partial charge is 0.226 e. The lowest BCUT2D eigenvalue weighted by atomic mass is 9.85. The van der Waals surface area contributed by atoms with Gasteiger partial charge in [0.15, 0.2) is 0 Å². The second kappa shape index (κ2) is 8.77. The topological polar surface area (TPSA) is 40.9 Å². The van der Waals surface area contributed by atoms with Gasteiger partial charge in [0.1, 0.15) is 5.65 Å². The van der Waals surface area contributed by atoms with Crippen LogP contribution in [0.5, 0.6) is 0 Å². The van der Waals surface area contributed by atoms with E-state index in [1.165, 1.54) is 31.4 Å². The molecule has 2 atom stereocenters. The Labute approximate surface area is 200 Å². The standard InChI is InChI=1S/C27H31ClN4O/c28-21-11-9-19(10-12-21)26-24(31-15-5-4-8-25(31)29-26)18-30-16-23-14-13-22(30)17-32(23)27(33)20-6-2-1-3-7-20/h4-5,8-12,15,20,22-23H,1-3,6-7,13-14,16-18H2. The number of pyridine rings is 1. The van der Waals surface area contributed by atoms with E-state index in [4.69, 9.17) is 16.6 Å². The number of piperazine rings is 1. The second-order valence-corrected chi connectivity index (χ2v) is 10.4. The number of fused-ring (bicyclic) bond motifs is 4. The number of amides is 1. The highest BCUT2D eigenvalue weighted by Gasteiger charge is 2.43. The van der Waals surface area contributed by atoms with Gasteiger partial charge in [0.05, 0.1) is 11.4 Å². The van der Waals surface area contributed by atoms with Gasteiger partial charge in [0, 0.05) is 54.4 Å². The summed E-state index contributed by atoms with van der Waals surface area (Å²) < 4.78 is 2.22. The van der Waals surface area contributed by atoms with Crippen LogP contribution in [0.4, 0.5) is 0 Å². The molecule has 6 heteroatoms. The van der Waals surface area contributed by atoms with E-state index in [-0.39, 0.29) is 5.92 Å². The van der Waals surface area contributed by atoms with Crippen LogP contribution in [0.15, 0.2) is 48.7 Å². The predicted octanol–water partition coefficient (Wildman–Crippen LogP) is 5.41. The number of carbonyl (C=O) groups excluding carboxylic acids is 1. The monoisotopic (exact) mass is 462 g/mol. The summed E-state index contributed by atoms with van der Waals surface area (Å²) in [5.41, 5.74) is 4.29. The van der Waals surface area contributed by atoms with Crippen LogP contribution in [0.2, 0.25) is 5.02 Å². The number of benzene rings is 1. The normalized spacial score (nSPS) is 24.0. The molecule has 1 saturated carbocycles. The van der Waals surface area contributed by atoms with Gasteiger partial charge < -0.3 is 9.30 Å². The van der Waals surface area contributed by atoms with Crippen molar-refractivity contribution in [1.82, 2.24) is 19.2 Å². The molecule has 7 rings (SSSR count). The fraction of sp³-hybridized carbons (Fsp3) is 0.481. The molecule has 3 aliphatic heterocycles. The maximum atomic E-state index is 13.3. The number of piperidine rings is 2. The number of aromatic nitrogens is 2. The highest BCUT2D eigenvalue weighted by molar-refractivity contribution is 6.30. The van der Waals surface area contributed by atoms with E-state index in [2.05, 4.69) is 44.7 Å². The molecule has 1 amide bonds. The molecule has 1 aliphatic carbocycles. The Hall–Kier alpha value is -2.37. The van der Waals surface area contributed by atoms with Crippen LogP contribution in [-0.2, 0) is 11.3 Å². The van der Waals surface area contributed by atoms with E-state index in [0.717, 1.165) is 60.8 Å². The summed E-state index contributed by atoms with van der Waals surface area (Å²) in [6, 6.07) is 14.9. The number of rotatable bonds is 4. The third-order valence-electron chi connectivity index (χ3n) is 7.98. The number of nitrogens with zero attached hydrogens (tertiary/aromatic N) is 4. The Morgan fingerprint density at radius 1 is 0.939 bits per heavy atom. The fourth-order valence-corrected chi connectivity index (χ4v) is 6.32. The first-order chi connectivity index (χ1) is 16.2. The molecule has 172 valence electrons. The van der Waals surface area contributed by atoms with Gasteiger partial charge in [-0.05, 0) is 49.9 Å². The molecule has 3 aromatic rings. The first-order valence-electron chi connectivity index (χ1n) is 12.4. The Morgan fingerprint density at radius 3 is 2.48 bits per heavy atom. The van der Waals surface area contributed by atoms with Crippen LogP contribution < -0.4 is 0 Å². The summed E-state index contributed by atoms with van der Waals surface area (Å²) in [4.78, 5) is 23.1. The summed E-state index contributed by atoms with van der Waals surface area (Å²) in [5, 5.41) is 0.736. The Bertz CT molecular complexity index is 1150. The number of hydrogen-bond acceptors (Lipinski definition) is 3. The quantitative estimate of drug-likeness (QED) is 0.520. The molecule has 4 fully saturated rings. The van der Waals surface area contributed by atoms with Crippen molar-refractivity contribution in [2.75, 3.05) is 13.1 Å². The largest absolute Gasteiger partial charge is 0.337 e. The van der Waals surface area contributed by atoms with Crippen molar-refractivity contribution in [2.24, 2.45) is 5.92 Å². The molecule has 1 aromatic carbocycles. The number of hydrogen-bond donors (Lipinski definition) is 0. The van der Waals surface area contributed by atoms with Crippen LogP contribution in [0.1, 0.15) is 50.6 Å². The predicted molar refractivity (Wildman–Crippen MR) is 131 cm³/mol. The van der Waals surface area contributed by atoms with Gasteiger partial charge in [-0.3, -0.25) is 9.69 Å². The molecule has 2 aromatic heterocycles. The molecule has 2 unspecified atom stereocenters. The average molecular weight is 463 g/mol. The molecule has 5 nitrogen and oxygen atoms in total. The van der Waals surface area contributed by atoms with Gasteiger partial charge in [-0.15, -0.1) is 0 Å². The zero-order chi connectivity index (χ0) is 22.4. The average Bonchev–Trinajstić information content (AvgIpc) is 3.23. The number of carbonyl (C=O) groups is 1. The first kappa shape index (κ1) is 21.2. The maximum Gasteiger partial charge on any atom is 0.226 e. The van der Waals surface area contributed by atoms with E-state index in [9.17, 15) is 4.79 Å². The molecule has 2 bridgehead atoms. The number of halogens is 1. The summed E-state index contributed by atoms with van der Waals surface area (Å²) in [6.07, 6.45) is 10.3. The van der Waals surface area contributed by atoms with E-state index < -0.39 is 0 Å². The SMILES string of the molecule is O=C(C1CCCCC1)N1CC2CCC1CN2Cc1c(-c2ccc(Cl)cc2)nc2ccccn12. The van der Waals surface area contributed by atoms with Crippen LogP contribution in [-0.4, -0.2) is 50.3 Å². The summed E-state index contributed by atoms with van der Waals surface area (Å²) in [6.45, 7) is 2.69. The van der Waals surface area contributed by atoms with Crippen LogP contribution in [0, 0.1) is 5.92 Å². The molecular weight excluding hydrogens is 432 g/mol. The van der Waals surface area contributed by atoms with Crippen molar-refractivity contribution in [3.8, 4) is 11.3 Å². The summed E-state index contributed by atoms with van der Waals surface area (Å²) in [7, 11) is 0. The zero-order valence-corrected chi connectivity index (χ0v) is 19.8. The van der Waals surface area contributed by atoms with Crippen molar-refractivity contribution in [1.29, 1.82) is 0 Å². The third-order valence-corrected chi connectivity index (χ3v) is 8.23. The van der Waals surface area contributed by atoms with Gasteiger partial charge >= 0.3 is 0 Å². The lowest BCUT2D eigenvalue weighted by Crippen LogP contribution is -2.64. The minimum absolute atomic E-state index is 0.266. The van der Waals surface area contributed by atoms with Crippen molar-refractivity contribution in [2.45, 2.75) is 63.6 Å². The Balaban J connectivity index is 1.26. The fourth-order valence-electron chi connectivity index (χ4n) is 6.19. The van der Waals surface area contributed by atoms with Gasteiger partial charge in [0.25, 0.3) is 0 Å². The molecule has 0 N–H and O–H groups in total. The molecule has 33 heavy (non-hydrogen) atoms. The second-order valence-electron chi connectivity index (χ2n) is 9.98. The van der Waals surface area contributed by atoms with Crippen LogP contribution in [0.25, 0.3) is 16.9 Å². The zero-order valence-electron chi connectivity index (χ0n) is 19.0. The lowest BCUT2D eigenvalue weighted by molar-refractivity contribution is -0.147. The summed E-state index contributed by atoms with van der Waals surface area (Å²) in [5.74, 6) is 0.697. The number of imidazole rings is 1. The van der Waals surface area contributed by atoms with E-state index in [1.807, 2.05) is 18.2 Å². The van der Waals surface area contributed by atoms with E-state index in [0.29, 0.717) is 18.0 Å².